The van der Waals surface area contributed by atoms with Crippen molar-refractivity contribution in [1.29, 1.82) is 0 Å². The van der Waals surface area contributed by atoms with Gasteiger partial charge in [0, 0.05) is 10.9 Å². The fourth-order valence-electron chi connectivity index (χ4n) is 3.46. The topological polar surface area (TPSA) is 59.5 Å². The lowest BCUT2D eigenvalue weighted by Gasteiger charge is -2.14. The summed E-state index contributed by atoms with van der Waals surface area (Å²) in [6.07, 6.45) is 5.33. The van der Waals surface area contributed by atoms with Crippen molar-refractivity contribution >= 4 is 23.2 Å². The number of carbonyl (C=O) groups is 2. The molecule has 128 valence electrons. The van der Waals surface area contributed by atoms with Gasteiger partial charge in [-0.15, -0.1) is 11.3 Å². The minimum Gasteiger partial charge on any atom is -0.497 e. The summed E-state index contributed by atoms with van der Waals surface area (Å²) in [5.41, 5.74) is 1.71. The van der Waals surface area contributed by atoms with Crippen molar-refractivity contribution in [3.8, 4) is 16.3 Å². The average molecular weight is 354 g/mol. The zero-order chi connectivity index (χ0) is 17.4. The van der Waals surface area contributed by atoms with Crippen molar-refractivity contribution in [1.82, 2.24) is 9.88 Å². The number of aromatic nitrogens is 1. The number of methoxy groups -OCH3 is 1. The number of hydrogen-bond donors (Lipinski definition) is 0. The lowest BCUT2D eigenvalue weighted by atomic mass is 9.85. The van der Waals surface area contributed by atoms with E-state index in [1.165, 1.54) is 16.2 Å². The van der Waals surface area contributed by atoms with Crippen molar-refractivity contribution in [2.24, 2.45) is 11.8 Å². The van der Waals surface area contributed by atoms with Crippen LogP contribution in [0.15, 0.2) is 41.8 Å². The Morgan fingerprint density at radius 2 is 1.92 bits per heavy atom. The van der Waals surface area contributed by atoms with E-state index in [-0.39, 0.29) is 30.2 Å². The van der Waals surface area contributed by atoms with Crippen LogP contribution in [-0.2, 0) is 16.1 Å². The monoisotopic (exact) mass is 354 g/mol. The fourth-order valence-corrected chi connectivity index (χ4v) is 4.26. The van der Waals surface area contributed by atoms with Gasteiger partial charge in [0.15, 0.2) is 0 Å². The minimum absolute atomic E-state index is 0.0599. The summed E-state index contributed by atoms with van der Waals surface area (Å²) in [6.45, 7) is 0.255. The molecular weight excluding hydrogens is 336 g/mol. The fraction of sp³-hybridized carbons (Fsp3) is 0.316. The first-order valence-electron chi connectivity index (χ1n) is 8.26. The molecule has 2 heterocycles. The highest BCUT2D eigenvalue weighted by atomic mass is 32.1. The molecule has 1 aliphatic heterocycles. The first-order chi connectivity index (χ1) is 12.2. The Balaban J connectivity index is 1.53. The number of fused-ring (bicyclic) bond motifs is 1. The molecule has 0 unspecified atom stereocenters. The predicted molar refractivity (Wildman–Crippen MR) is 95.0 cm³/mol. The molecule has 1 aromatic heterocycles. The number of likely N-dealkylation sites (tertiary alicyclic amines) is 1. The first-order valence-corrected chi connectivity index (χ1v) is 9.14. The van der Waals surface area contributed by atoms with E-state index in [0.29, 0.717) is 12.8 Å². The van der Waals surface area contributed by atoms with Gasteiger partial charge < -0.3 is 4.74 Å². The number of hydrogen-bond acceptors (Lipinski definition) is 5. The van der Waals surface area contributed by atoms with Crippen LogP contribution in [0.4, 0.5) is 0 Å². The number of ether oxygens (including phenoxy) is 1. The summed E-state index contributed by atoms with van der Waals surface area (Å²) >= 11 is 1.50. The Bertz CT molecular complexity index is 832. The molecule has 2 amide bonds. The molecule has 2 aromatic rings. The van der Waals surface area contributed by atoms with Crippen LogP contribution in [0.2, 0.25) is 0 Å². The normalized spacial score (nSPS) is 22.4. The van der Waals surface area contributed by atoms with E-state index in [1.54, 1.807) is 7.11 Å². The maximum atomic E-state index is 12.5. The Hall–Kier alpha value is -2.47. The molecular formula is C19H18N2O3S. The highest BCUT2D eigenvalue weighted by molar-refractivity contribution is 7.13. The molecule has 4 rings (SSSR count). The molecule has 25 heavy (non-hydrogen) atoms. The average Bonchev–Trinajstić information content (AvgIpc) is 3.22. The van der Waals surface area contributed by atoms with Gasteiger partial charge >= 0.3 is 0 Å². The summed E-state index contributed by atoms with van der Waals surface area (Å²) in [6, 6.07) is 7.70. The van der Waals surface area contributed by atoms with Crippen LogP contribution in [0.3, 0.4) is 0 Å². The molecule has 5 nitrogen and oxygen atoms in total. The molecule has 1 fully saturated rings. The number of benzene rings is 1. The SMILES string of the molecule is COc1cccc(-c2nc(CN3C(=O)[C@H]4CC=CC[C@@H]4C3=O)cs2)c1. The second-order valence-corrected chi connectivity index (χ2v) is 7.15. The lowest BCUT2D eigenvalue weighted by Crippen LogP contribution is -2.30. The Morgan fingerprint density at radius 3 is 2.60 bits per heavy atom. The lowest BCUT2D eigenvalue weighted by molar-refractivity contribution is -0.140. The third-order valence-corrected chi connectivity index (χ3v) is 5.73. The second-order valence-electron chi connectivity index (χ2n) is 6.29. The number of amides is 2. The van der Waals surface area contributed by atoms with Gasteiger partial charge in [-0.2, -0.15) is 0 Å². The summed E-state index contributed by atoms with van der Waals surface area (Å²) in [4.78, 5) is 31.1. The van der Waals surface area contributed by atoms with E-state index >= 15 is 0 Å². The van der Waals surface area contributed by atoms with Gasteiger partial charge in [0.2, 0.25) is 11.8 Å². The Kier molecular flexibility index (Phi) is 4.13. The maximum absolute atomic E-state index is 12.5. The van der Waals surface area contributed by atoms with E-state index < -0.39 is 0 Å². The van der Waals surface area contributed by atoms with E-state index in [4.69, 9.17) is 4.74 Å². The minimum atomic E-state index is -0.186. The number of allylic oxidation sites excluding steroid dienone is 2. The van der Waals surface area contributed by atoms with Gasteiger partial charge in [-0.05, 0) is 25.0 Å². The molecule has 0 radical (unpaired) electrons. The quantitative estimate of drug-likeness (QED) is 0.625. The molecule has 1 aromatic carbocycles. The van der Waals surface area contributed by atoms with E-state index in [1.807, 2.05) is 41.8 Å². The predicted octanol–water partition coefficient (Wildman–Crippen LogP) is 3.27. The largest absolute Gasteiger partial charge is 0.497 e. The highest BCUT2D eigenvalue weighted by Crippen LogP contribution is 2.36. The standard InChI is InChI=1S/C19H18N2O3S/c1-24-14-6-4-5-12(9-14)17-20-13(11-25-17)10-21-18(22)15-7-2-3-8-16(15)19(21)23/h2-6,9,11,15-16H,7-8,10H2,1H3/t15-,16-/m0/s1. The molecule has 0 N–H and O–H groups in total. The third-order valence-electron chi connectivity index (χ3n) is 4.79. The third kappa shape index (κ3) is 2.87. The van der Waals surface area contributed by atoms with Crippen molar-refractivity contribution < 1.29 is 14.3 Å². The Labute approximate surface area is 149 Å². The molecule has 0 bridgehead atoms. The summed E-state index contributed by atoms with van der Waals surface area (Å²) < 4.78 is 5.25. The second kappa shape index (κ2) is 6.44. The van der Waals surface area contributed by atoms with Gasteiger partial charge in [0.1, 0.15) is 10.8 Å². The van der Waals surface area contributed by atoms with Crippen LogP contribution in [0.25, 0.3) is 10.6 Å². The van der Waals surface area contributed by atoms with Crippen LogP contribution in [-0.4, -0.2) is 28.8 Å². The number of imide groups is 1. The molecule has 2 aliphatic rings. The highest BCUT2D eigenvalue weighted by Gasteiger charge is 2.47. The van der Waals surface area contributed by atoms with E-state index in [2.05, 4.69) is 4.98 Å². The van der Waals surface area contributed by atoms with Gasteiger partial charge in [-0.1, -0.05) is 24.3 Å². The summed E-state index contributed by atoms with van der Waals surface area (Å²) in [7, 11) is 1.63. The number of carbonyl (C=O) groups excluding carboxylic acids is 2. The first kappa shape index (κ1) is 16.0. The molecule has 0 saturated carbocycles. The summed E-state index contributed by atoms with van der Waals surface area (Å²) in [5.74, 6) is 0.282. The molecule has 1 aliphatic carbocycles. The van der Waals surface area contributed by atoms with E-state index in [9.17, 15) is 9.59 Å². The number of rotatable bonds is 4. The Morgan fingerprint density at radius 1 is 1.20 bits per heavy atom. The zero-order valence-electron chi connectivity index (χ0n) is 13.8. The number of thiazole rings is 1. The van der Waals surface area contributed by atoms with Crippen LogP contribution in [0, 0.1) is 11.8 Å². The number of nitrogens with zero attached hydrogens (tertiary/aromatic N) is 2. The van der Waals surface area contributed by atoms with Gasteiger partial charge in [0.25, 0.3) is 0 Å². The molecule has 2 atom stereocenters. The van der Waals surface area contributed by atoms with Gasteiger partial charge in [0.05, 0.1) is 31.2 Å². The molecule has 0 spiro atoms. The van der Waals surface area contributed by atoms with Gasteiger partial charge in [-0.3, -0.25) is 14.5 Å². The van der Waals surface area contributed by atoms with Crippen LogP contribution >= 0.6 is 11.3 Å². The summed E-state index contributed by atoms with van der Waals surface area (Å²) in [5, 5.41) is 2.77. The van der Waals surface area contributed by atoms with Gasteiger partial charge in [-0.25, -0.2) is 4.98 Å². The van der Waals surface area contributed by atoms with E-state index in [0.717, 1.165) is 22.0 Å². The van der Waals surface area contributed by atoms with Crippen molar-refractivity contribution in [2.45, 2.75) is 19.4 Å². The van der Waals surface area contributed by atoms with Crippen LogP contribution in [0.5, 0.6) is 5.75 Å². The maximum Gasteiger partial charge on any atom is 0.233 e. The van der Waals surface area contributed by atoms with Crippen LogP contribution < -0.4 is 4.74 Å². The molecule has 1 saturated heterocycles. The smallest absolute Gasteiger partial charge is 0.233 e. The van der Waals surface area contributed by atoms with Crippen molar-refractivity contribution in [2.75, 3.05) is 7.11 Å². The zero-order valence-corrected chi connectivity index (χ0v) is 14.7. The molecule has 6 heteroatoms. The van der Waals surface area contributed by atoms with Crippen LogP contribution in [0.1, 0.15) is 18.5 Å². The van der Waals surface area contributed by atoms with Crippen molar-refractivity contribution in [3.63, 3.8) is 0 Å². The van der Waals surface area contributed by atoms with Crippen molar-refractivity contribution in [3.05, 3.63) is 47.5 Å².